The maximum absolute atomic E-state index is 12.7. The van der Waals surface area contributed by atoms with Crippen molar-refractivity contribution in [3.63, 3.8) is 0 Å². The van der Waals surface area contributed by atoms with Crippen LogP contribution in [0.1, 0.15) is 19.8 Å². The summed E-state index contributed by atoms with van der Waals surface area (Å²) < 4.78 is 51.1. The molecule has 0 bridgehead atoms. The highest BCUT2D eigenvalue weighted by atomic mass is 32.2. The van der Waals surface area contributed by atoms with Gasteiger partial charge in [0.25, 0.3) is 11.2 Å². The van der Waals surface area contributed by atoms with E-state index >= 15 is 0 Å². The lowest BCUT2D eigenvalue weighted by Crippen LogP contribution is -2.84. The highest BCUT2D eigenvalue weighted by Gasteiger charge is 2.32. The van der Waals surface area contributed by atoms with E-state index in [1.807, 2.05) is 0 Å². The lowest BCUT2D eigenvalue weighted by atomic mass is 10.3. The lowest BCUT2D eigenvalue weighted by molar-refractivity contribution is -0.441. The maximum Gasteiger partial charge on any atom is 0.310 e. The first-order chi connectivity index (χ1) is 11.9. The van der Waals surface area contributed by atoms with Gasteiger partial charge in [-0.1, -0.05) is 6.07 Å². The van der Waals surface area contributed by atoms with E-state index in [0.717, 1.165) is 12.8 Å². The number of para-hydroxylation sites is 1. The Morgan fingerprint density at radius 1 is 1.32 bits per heavy atom. The summed E-state index contributed by atoms with van der Waals surface area (Å²) in [5.41, 5.74) is 0.241. The van der Waals surface area contributed by atoms with Crippen molar-refractivity contribution in [2.75, 3.05) is 19.7 Å². The maximum atomic E-state index is 12.7. The van der Waals surface area contributed by atoms with Crippen LogP contribution in [0, 0.1) is 0 Å². The van der Waals surface area contributed by atoms with Crippen LogP contribution in [0.3, 0.4) is 0 Å². The van der Waals surface area contributed by atoms with Crippen LogP contribution in [0.25, 0.3) is 0 Å². The van der Waals surface area contributed by atoms with Crippen molar-refractivity contribution in [2.24, 2.45) is 8.80 Å². The number of aromatic hydroxyl groups is 1. The number of amidine groups is 1. The van der Waals surface area contributed by atoms with Gasteiger partial charge in [0, 0.05) is 19.2 Å². The second kappa shape index (κ2) is 7.20. The van der Waals surface area contributed by atoms with Crippen molar-refractivity contribution in [3.05, 3.63) is 18.2 Å². The van der Waals surface area contributed by atoms with E-state index in [9.17, 15) is 17.7 Å². The fourth-order valence-corrected chi connectivity index (χ4v) is 4.92. The van der Waals surface area contributed by atoms with Crippen molar-refractivity contribution in [1.82, 2.24) is 4.31 Å². The molecular weight excluding hydrogens is 368 g/mol. The number of benzene rings is 1. The number of nitrogens with two attached hydrogens (primary N) is 1. The van der Waals surface area contributed by atoms with Crippen LogP contribution in [-0.4, -0.2) is 53.5 Å². The van der Waals surface area contributed by atoms with E-state index < -0.39 is 21.2 Å². The molecule has 25 heavy (non-hydrogen) atoms. The number of sulfonamides is 1. The average Bonchev–Trinajstić information content (AvgIpc) is 3.20. The molecule has 2 aliphatic rings. The normalized spacial score (nSPS) is 21.2. The first-order valence-corrected chi connectivity index (χ1v) is 10.3. The molecule has 136 valence electrons. The van der Waals surface area contributed by atoms with E-state index in [-0.39, 0.29) is 28.1 Å². The van der Waals surface area contributed by atoms with E-state index in [1.165, 1.54) is 15.7 Å². The van der Waals surface area contributed by atoms with Crippen LogP contribution in [0.4, 0.5) is 5.69 Å². The molecule has 0 radical (unpaired) electrons. The molecule has 1 aromatic rings. The Balaban J connectivity index is 1.91. The van der Waals surface area contributed by atoms with E-state index in [0.29, 0.717) is 19.7 Å². The summed E-state index contributed by atoms with van der Waals surface area (Å²) in [7, 11) is -3.76. The number of hydrogen-bond acceptors (Lipinski definition) is 5. The Hall–Kier alpha value is -1.82. The molecular formula is C14H19N4O5S2+. The molecule has 2 aliphatic heterocycles. The molecule has 1 unspecified atom stereocenters. The number of ether oxygens (including phenoxy) is 1. The van der Waals surface area contributed by atoms with Gasteiger partial charge >= 0.3 is 11.7 Å². The summed E-state index contributed by atoms with van der Waals surface area (Å²) >= 11 is -1.78. The molecule has 3 N–H and O–H groups in total. The minimum Gasteiger partial charge on any atom is -0.502 e. The summed E-state index contributed by atoms with van der Waals surface area (Å²) in [6, 6.07) is 4.45. The predicted molar refractivity (Wildman–Crippen MR) is 92.3 cm³/mol. The average molecular weight is 387 g/mol. The van der Waals surface area contributed by atoms with Crippen LogP contribution in [0.15, 0.2) is 31.9 Å². The zero-order chi connectivity index (χ0) is 18.0. The molecule has 0 spiro atoms. The molecule has 0 amide bonds. The van der Waals surface area contributed by atoms with Crippen LogP contribution < -0.4 is 5.32 Å². The van der Waals surface area contributed by atoms with Crippen LogP contribution in [0.5, 0.6) is 5.75 Å². The van der Waals surface area contributed by atoms with Crippen LogP contribution in [0.2, 0.25) is 0 Å². The Labute approximate surface area is 148 Å². The summed E-state index contributed by atoms with van der Waals surface area (Å²) in [5.74, 6) is -0.0649. The third-order valence-electron chi connectivity index (χ3n) is 3.84. The fraction of sp³-hybridized carbons (Fsp3) is 0.429. The van der Waals surface area contributed by atoms with Crippen LogP contribution >= 0.6 is 0 Å². The number of phenolic OH excluding ortho intramolecular Hbond substituents is 1. The smallest absolute Gasteiger partial charge is 0.310 e. The zero-order valence-corrected chi connectivity index (χ0v) is 15.2. The first-order valence-electron chi connectivity index (χ1n) is 7.83. The number of nitrogens with zero attached hydrogens (tertiary/aromatic N) is 3. The molecule has 9 nitrogen and oxygen atoms in total. The molecule has 0 saturated carbocycles. The van der Waals surface area contributed by atoms with Crippen molar-refractivity contribution in [1.29, 1.82) is 0 Å². The third kappa shape index (κ3) is 3.59. The minimum absolute atomic E-state index is 0.105. The topological polar surface area (TPSA) is 125 Å². The van der Waals surface area contributed by atoms with Crippen molar-refractivity contribution >= 4 is 38.6 Å². The highest BCUT2D eigenvalue weighted by molar-refractivity contribution is 7.89. The molecule has 0 aromatic heterocycles. The Morgan fingerprint density at radius 2 is 2.04 bits per heavy atom. The predicted octanol–water partition coefficient (Wildman–Crippen LogP) is -0.203. The molecule has 11 heteroatoms. The summed E-state index contributed by atoms with van der Waals surface area (Å²) in [4.78, 5) is -0.155. The van der Waals surface area contributed by atoms with Gasteiger partial charge in [-0.2, -0.15) is 4.31 Å². The van der Waals surface area contributed by atoms with Gasteiger partial charge in [0.2, 0.25) is 10.0 Å². The summed E-state index contributed by atoms with van der Waals surface area (Å²) in [6.07, 6.45) is 1.62. The molecule has 1 aromatic carbocycles. The molecule has 2 heterocycles. The van der Waals surface area contributed by atoms with E-state index in [1.54, 1.807) is 19.1 Å². The quantitative estimate of drug-likeness (QED) is 0.547. The van der Waals surface area contributed by atoms with Gasteiger partial charge in [-0.05, 0) is 25.8 Å². The SMILES string of the molecule is CCOC1=NS(=O)N=C1[NH2+]c1cccc(S(=O)(=O)N2CCCC2)c1O. The molecule has 1 fully saturated rings. The third-order valence-corrected chi connectivity index (χ3v) is 6.45. The summed E-state index contributed by atoms with van der Waals surface area (Å²) in [6.45, 7) is 2.96. The van der Waals surface area contributed by atoms with Gasteiger partial charge in [-0.3, -0.25) is 5.32 Å². The Kier molecular flexibility index (Phi) is 5.18. The molecule has 1 atom stereocenters. The minimum atomic E-state index is -3.76. The second-order valence-corrected chi connectivity index (χ2v) is 8.22. The largest absolute Gasteiger partial charge is 0.502 e. The van der Waals surface area contributed by atoms with Gasteiger partial charge in [0.1, 0.15) is 4.90 Å². The van der Waals surface area contributed by atoms with Crippen molar-refractivity contribution < 1.29 is 27.8 Å². The number of phenols is 1. The van der Waals surface area contributed by atoms with Crippen LogP contribution in [-0.2, 0) is 25.9 Å². The standard InChI is InChI=1S/C14H18N4O5S2/c1-2-23-14-13(16-24(20)17-14)15-10-6-5-7-11(12(10)19)25(21,22)18-8-3-4-9-18/h5-7,19H,2-4,8-9H2,1H3,(H,15,16)/p+1. The number of rotatable bonds is 4. The van der Waals surface area contributed by atoms with E-state index in [4.69, 9.17) is 4.74 Å². The summed E-state index contributed by atoms with van der Waals surface area (Å²) in [5, 5.41) is 11.9. The molecule has 0 aliphatic carbocycles. The van der Waals surface area contributed by atoms with E-state index in [2.05, 4.69) is 8.80 Å². The molecule has 3 rings (SSSR count). The Morgan fingerprint density at radius 3 is 2.72 bits per heavy atom. The first kappa shape index (κ1) is 18.0. The van der Waals surface area contributed by atoms with Gasteiger partial charge in [-0.15, -0.1) is 8.80 Å². The van der Waals surface area contributed by atoms with Gasteiger partial charge in [-0.25, -0.2) is 12.6 Å². The van der Waals surface area contributed by atoms with Gasteiger partial charge in [0.05, 0.1) is 6.61 Å². The highest BCUT2D eigenvalue weighted by Crippen LogP contribution is 2.31. The zero-order valence-electron chi connectivity index (χ0n) is 13.6. The number of hydrogen-bond donors (Lipinski definition) is 2. The van der Waals surface area contributed by atoms with Gasteiger partial charge < -0.3 is 9.84 Å². The number of quaternary nitrogens is 1. The second-order valence-electron chi connectivity index (χ2n) is 5.49. The van der Waals surface area contributed by atoms with Crippen molar-refractivity contribution in [3.8, 4) is 5.75 Å². The Bertz CT molecular complexity index is 860. The monoisotopic (exact) mass is 387 g/mol. The lowest BCUT2D eigenvalue weighted by Gasteiger charge is -2.16. The van der Waals surface area contributed by atoms with Gasteiger partial charge in [0.15, 0.2) is 11.4 Å². The van der Waals surface area contributed by atoms with Crippen molar-refractivity contribution in [2.45, 2.75) is 24.7 Å². The fourth-order valence-electron chi connectivity index (χ4n) is 2.67. The molecule has 1 saturated heterocycles.